The number of aromatic nitrogens is 1. The maximum atomic E-state index is 5.80. The number of benzene rings is 1. The fraction of sp³-hybridized carbons (Fsp3) is 0.100. The van der Waals surface area contributed by atoms with Gasteiger partial charge in [-0.15, -0.1) is 11.3 Å². The highest BCUT2D eigenvalue weighted by Gasteiger charge is 2.00. The highest BCUT2D eigenvalue weighted by molar-refractivity contribution is 7.09. The number of anilines is 2. The maximum absolute atomic E-state index is 5.80. The Bertz CT molecular complexity index is 442. The number of nitrogen functional groups attached to an aromatic ring is 1. The Kier molecular flexibility index (Phi) is 3.08. The van der Waals surface area contributed by atoms with Crippen molar-refractivity contribution in [2.24, 2.45) is 0 Å². The molecule has 0 saturated heterocycles. The number of nitrogens with two attached hydrogens (primary N) is 1. The average molecular weight is 240 g/mol. The Morgan fingerprint density at radius 3 is 3.00 bits per heavy atom. The molecule has 2 aromatic rings. The molecule has 3 nitrogen and oxygen atoms in total. The van der Waals surface area contributed by atoms with Crippen LogP contribution >= 0.6 is 22.9 Å². The summed E-state index contributed by atoms with van der Waals surface area (Å²) in [6.07, 6.45) is 1.78. The number of rotatable bonds is 3. The van der Waals surface area contributed by atoms with Crippen LogP contribution in [0, 0.1) is 0 Å². The smallest absolute Gasteiger partial charge is 0.112 e. The molecule has 0 atom stereocenters. The molecule has 0 radical (unpaired) electrons. The van der Waals surface area contributed by atoms with E-state index >= 15 is 0 Å². The molecule has 15 heavy (non-hydrogen) atoms. The first-order chi connectivity index (χ1) is 7.25. The van der Waals surface area contributed by atoms with Crippen LogP contribution in [0.1, 0.15) is 5.01 Å². The van der Waals surface area contributed by atoms with Gasteiger partial charge in [0.25, 0.3) is 0 Å². The van der Waals surface area contributed by atoms with E-state index in [1.165, 1.54) is 0 Å². The van der Waals surface area contributed by atoms with Crippen LogP contribution in [0.25, 0.3) is 0 Å². The molecule has 0 unspecified atom stereocenters. The monoisotopic (exact) mass is 239 g/mol. The van der Waals surface area contributed by atoms with Crippen molar-refractivity contribution >= 4 is 34.3 Å². The molecule has 0 bridgehead atoms. The summed E-state index contributed by atoms with van der Waals surface area (Å²) in [6.45, 7) is 0.684. The molecule has 78 valence electrons. The molecular weight excluding hydrogens is 230 g/mol. The predicted molar refractivity (Wildman–Crippen MR) is 65.3 cm³/mol. The van der Waals surface area contributed by atoms with E-state index in [1.807, 2.05) is 17.5 Å². The third-order valence-corrected chi connectivity index (χ3v) is 2.94. The molecular formula is C10H10ClN3S. The van der Waals surface area contributed by atoms with E-state index in [0.717, 1.165) is 10.7 Å². The van der Waals surface area contributed by atoms with E-state index in [2.05, 4.69) is 10.3 Å². The van der Waals surface area contributed by atoms with Gasteiger partial charge in [-0.2, -0.15) is 0 Å². The van der Waals surface area contributed by atoms with Gasteiger partial charge in [-0.3, -0.25) is 0 Å². The summed E-state index contributed by atoms with van der Waals surface area (Å²) in [5, 5.41) is 6.83. The van der Waals surface area contributed by atoms with Crippen molar-refractivity contribution in [2.45, 2.75) is 6.54 Å². The number of hydrogen-bond acceptors (Lipinski definition) is 4. The van der Waals surface area contributed by atoms with E-state index in [4.69, 9.17) is 17.3 Å². The quantitative estimate of drug-likeness (QED) is 0.810. The van der Waals surface area contributed by atoms with Crippen molar-refractivity contribution in [3.63, 3.8) is 0 Å². The lowest BCUT2D eigenvalue weighted by atomic mass is 10.2. The highest BCUT2D eigenvalue weighted by atomic mass is 35.5. The second-order valence-corrected chi connectivity index (χ2v) is 4.43. The summed E-state index contributed by atoms with van der Waals surface area (Å²) in [4.78, 5) is 4.17. The van der Waals surface area contributed by atoms with E-state index in [9.17, 15) is 0 Å². The zero-order valence-corrected chi connectivity index (χ0v) is 9.48. The second kappa shape index (κ2) is 4.51. The number of nitrogens with one attached hydrogen (secondary N) is 1. The Labute approximate surface area is 96.9 Å². The van der Waals surface area contributed by atoms with E-state index < -0.39 is 0 Å². The molecule has 1 aromatic heterocycles. The number of nitrogens with zero attached hydrogens (tertiary/aromatic N) is 1. The van der Waals surface area contributed by atoms with Crippen molar-refractivity contribution < 1.29 is 0 Å². The Balaban J connectivity index is 2.05. The highest BCUT2D eigenvalue weighted by Crippen LogP contribution is 2.23. The van der Waals surface area contributed by atoms with Gasteiger partial charge in [-0.25, -0.2) is 4.98 Å². The van der Waals surface area contributed by atoms with Gasteiger partial charge in [0.2, 0.25) is 0 Å². The van der Waals surface area contributed by atoms with E-state index in [1.54, 1.807) is 23.6 Å². The first-order valence-electron chi connectivity index (χ1n) is 4.43. The van der Waals surface area contributed by atoms with Gasteiger partial charge in [0.05, 0.1) is 17.9 Å². The maximum Gasteiger partial charge on any atom is 0.112 e. The van der Waals surface area contributed by atoms with Crippen molar-refractivity contribution in [1.29, 1.82) is 0 Å². The Hall–Kier alpha value is -1.26. The van der Waals surface area contributed by atoms with Crippen LogP contribution in [-0.2, 0) is 6.54 Å². The second-order valence-electron chi connectivity index (χ2n) is 3.01. The molecule has 5 heteroatoms. The molecule has 0 aliphatic rings. The topological polar surface area (TPSA) is 50.9 Å². The molecule has 0 aliphatic heterocycles. The standard InChI is InChI=1S/C10H10ClN3S/c11-7-1-2-9(8(12)5-7)14-6-10-13-3-4-15-10/h1-5,14H,6,12H2. The van der Waals surface area contributed by atoms with E-state index in [0.29, 0.717) is 17.3 Å². The van der Waals surface area contributed by atoms with Crippen LogP contribution in [0.3, 0.4) is 0 Å². The summed E-state index contributed by atoms with van der Waals surface area (Å²) in [5.41, 5.74) is 7.33. The van der Waals surface area contributed by atoms with Crippen molar-refractivity contribution in [1.82, 2.24) is 4.98 Å². The Morgan fingerprint density at radius 1 is 1.47 bits per heavy atom. The average Bonchev–Trinajstić information content (AvgIpc) is 2.69. The summed E-state index contributed by atoms with van der Waals surface area (Å²) in [7, 11) is 0. The first kappa shape index (κ1) is 10.3. The molecule has 0 saturated carbocycles. The van der Waals surface area contributed by atoms with E-state index in [-0.39, 0.29) is 0 Å². The largest absolute Gasteiger partial charge is 0.397 e. The first-order valence-corrected chi connectivity index (χ1v) is 5.69. The minimum absolute atomic E-state index is 0.646. The molecule has 2 rings (SSSR count). The fourth-order valence-electron chi connectivity index (χ4n) is 1.21. The zero-order valence-electron chi connectivity index (χ0n) is 7.90. The van der Waals surface area contributed by atoms with Gasteiger partial charge >= 0.3 is 0 Å². The van der Waals surface area contributed by atoms with Gasteiger partial charge < -0.3 is 11.1 Å². The molecule has 0 spiro atoms. The SMILES string of the molecule is Nc1cc(Cl)ccc1NCc1nccs1. The summed E-state index contributed by atoms with van der Waals surface area (Å²) >= 11 is 7.41. The fourth-order valence-corrected chi connectivity index (χ4v) is 1.94. The van der Waals surface area contributed by atoms with Crippen LogP contribution in [0.4, 0.5) is 11.4 Å². The van der Waals surface area contributed by atoms with Gasteiger partial charge in [-0.05, 0) is 18.2 Å². The molecule has 1 heterocycles. The third-order valence-electron chi connectivity index (χ3n) is 1.93. The van der Waals surface area contributed by atoms with Gasteiger partial charge in [0.15, 0.2) is 0 Å². The number of hydrogen-bond donors (Lipinski definition) is 2. The minimum Gasteiger partial charge on any atom is -0.397 e. The van der Waals surface area contributed by atoms with Crippen molar-refractivity contribution in [3.8, 4) is 0 Å². The van der Waals surface area contributed by atoms with Crippen LogP contribution in [0.2, 0.25) is 5.02 Å². The molecule has 0 amide bonds. The van der Waals surface area contributed by atoms with Crippen molar-refractivity contribution in [2.75, 3.05) is 11.1 Å². The lowest BCUT2D eigenvalue weighted by Crippen LogP contribution is -2.01. The van der Waals surface area contributed by atoms with Crippen molar-refractivity contribution in [3.05, 3.63) is 39.8 Å². The number of halogens is 1. The number of thiazole rings is 1. The molecule has 3 N–H and O–H groups in total. The summed E-state index contributed by atoms with van der Waals surface area (Å²) in [6, 6.07) is 5.40. The summed E-state index contributed by atoms with van der Waals surface area (Å²) in [5.74, 6) is 0. The summed E-state index contributed by atoms with van der Waals surface area (Å²) < 4.78 is 0. The van der Waals surface area contributed by atoms with Gasteiger partial charge in [0.1, 0.15) is 5.01 Å². The van der Waals surface area contributed by atoms with Gasteiger partial charge in [0, 0.05) is 16.6 Å². The lowest BCUT2D eigenvalue weighted by Gasteiger charge is -2.07. The Morgan fingerprint density at radius 2 is 2.33 bits per heavy atom. The lowest BCUT2D eigenvalue weighted by molar-refractivity contribution is 1.10. The van der Waals surface area contributed by atoms with Crippen LogP contribution < -0.4 is 11.1 Å². The van der Waals surface area contributed by atoms with Gasteiger partial charge in [-0.1, -0.05) is 11.6 Å². The van der Waals surface area contributed by atoms with Crippen LogP contribution in [-0.4, -0.2) is 4.98 Å². The third kappa shape index (κ3) is 2.61. The normalized spacial score (nSPS) is 10.2. The minimum atomic E-state index is 0.646. The predicted octanol–water partition coefficient (Wildman–Crippen LogP) is 2.99. The van der Waals surface area contributed by atoms with Crippen LogP contribution in [0.5, 0.6) is 0 Å². The van der Waals surface area contributed by atoms with Crippen LogP contribution in [0.15, 0.2) is 29.8 Å². The molecule has 0 aliphatic carbocycles. The molecule has 0 fully saturated rings. The molecule has 1 aromatic carbocycles. The zero-order chi connectivity index (χ0) is 10.7.